The number of rotatable bonds is 3. The van der Waals surface area contributed by atoms with E-state index >= 15 is 0 Å². The van der Waals surface area contributed by atoms with E-state index in [2.05, 4.69) is 9.97 Å². The van der Waals surface area contributed by atoms with Crippen molar-refractivity contribution in [3.8, 4) is 5.75 Å². The number of fused-ring (bicyclic) bond motifs is 1. The average Bonchev–Trinajstić information content (AvgIpc) is 2.89. The van der Waals surface area contributed by atoms with Gasteiger partial charge in [0.1, 0.15) is 12.1 Å². The molecule has 1 aromatic heterocycles. The Morgan fingerprint density at radius 2 is 2.12 bits per heavy atom. The van der Waals surface area contributed by atoms with Gasteiger partial charge in [-0.1, -0.05) is 12.8 Å². The molecule has 2 aromatic rings. The molecule has 88 valence electrons. The zero-order chi connectivity index (χ0) is 11.5. The molecule has 0 amide bonds. The zero-order valence-corrected chi connectivity index (χ0v) is 9.80. The van der Waals surface area contributed by atoms with Crippen molar-refractivity contribution in [2.45, 2.75) is 25.7 Å². The van der Waals surface area contributed by atoms with Gasteiger partial charge < -0.3 is 4.74 Å². The molecule has 1 aromatic carbocycles. The number of hydrogen-bond donors (Lipinski definition) is 0. The molecule has 0 unspecified atom stereocenters. The van der Waals surface area contributed by atoms with Crippen LogP contribution in [0.1, 0.15) is 25.7 Å². The van der Waals surface area contributed by atoms with E-state index in [1.807, 2.05) is 24.4 Å². The number of nitrogens with zero attached hydrogens (tertiary/aromatic N) is 2. The predicted octanol–water partition coefficient (Wildman–Crippen LogP) is 3.20. The van der Waals surface area contributed by atoms with Gasteiger partial charge in [-0.15, -0.1) is 0 Å². The molecule has 17 heavy (non-hydrogen) atoms. The van der Waals surface area contributed by atoms with E-state index in [1.54, 1.807) is 6.33 Å². The maximum atomic E-state index is 5.84. The monoisotopic (exact) mass is 228 g/mol. The second-order valence-corrected chi connectivity index (χ2v) is 4.70. The van der Waals surface area contributed by atoms with Gasteiger partial charge in [-0.3, -0.25) is 0 Å². The zero-order valence-electron chi connectivity index (χ0n) is 9.80. The van der Waals surface area contributed by atoms with Crippen LogP contribution in [-0.2, 0) is 0 Å². The van der Waals surface area contributed by atoms with Crippen molar-refractivity contribution < 1.29 is 4.74 Å². The Bertz CT molecular complexity index is 506. The molecule has 1 saturated carbocycles. The third-order valence-electron chi connectivity index (χ3n) is 3.44. The Labute approximate surface area is 101 Å². The van der Waals surface area contributed by atoms with E-state index in [4.69, 9.17) is 4.74 Å². The topological polar surface area (TPSA) is 35.0 Å². The highest BCUT2D eigenvalue weighted by Crippen LogP contribution is 2.26. The minimum absolute atomic E-state index is 0.748. The fourth-order valence-electron chi connectivity index (χ4n) is 2.44. The maximum absolute atomic E-state index is 5.84. The van der Waals surface area contributed by atoms with Crippen molar-refractivity contribution in [1.29, 1.82) is 0 Å². The maximum Gasteiger partial charge on any atom is 0.120 e. The van der Waals surface area contributed by atoms with E-state index in [1.165, 1.54) is 25.7 Å². The first kappa shape index (κ1) is 10.5. The van der Waals surface area contributed by atoms with Crippen molar-refractivity contribution in [2.24, 2.45) is 5.92 Å². The summed E-state index contributed by atoms with van der Waals surface area (Å²) < 4.78 is 5.84. The van der Waals surface area contributed by atoms with Gasteiger partial charge in [0.2, 0.25) is 0 Å². The Morgan fingerprint density at radius 3 is 3.00 bits per heavy atom. The van der Waals surface area contributed by atoms with Crippen molar-refractivity contribution in [2.75, 3.05) is 6.61 Å². The summed E-state index contributed by atoms with van der Waals surface area (Å²) >= 11 is 0. The summed E-state index contributed by atoms with van der Waals surface area (Å²) in [7, 11) is 0. The Balaban J connectivity index is 1.72. The van der Waals surface area contributed by atoms with Crippen LogP contribution in [0.3, 0.4) is 0 Å². The molecular formula is C14H16N2O. The highest BCUT2D eigenvalue weighted by molar-refractivity contribution is 5.78. The van der Waals surface area contributed by atoms with E-state index < -0.39 is 0 Å². The molecule has 0 bridgehead atoms. The quantitative estimate of drug-likeness (QED) is 0.809. The second-order valence-electron chi connectivity index (χ2n) is 4.70. The molecule has 0 spiro atoms. The molecule has 0 saturated heterocycles. The summed E-state index contributed by atoms with van der Waals surface area (Å²) in [5, 5.41) is 1.04. The summed E-state index contributed by atoms with van der Waals surface area (Å²) in [6.07, 6.45) is 8.75. The fourth-order valence-corrected chi connectivity index (χ4v) is 2.44. The molecule has 1 aliphatic rings. The van der Waals surface area contributed by atoms with Crippen LogP contribution < -0.4 is 4.74 Å². The van der Waals surface area contributed by atoms with Crippen LogP contribution in [0.4, 0.5) is 0 Å². The third kappa shape index (κ3) is 2.38. The minimum atomic E-state index is 0.748. The van der Waals surface area contributed by atoms with Crippen LogP contribution in [0.25, 0.3) is 10.9 Å². The van der Waals surface area contributed by atoms with Crippen LogP contribution in [0, 0.1) is 5.92 Å². The number of aromatic nitrogens is 2. The Kier molecular flexibility index (Phi) is 2.90. The van der Waals surface area contributed by atoms with Crippen LogP contribution in [-0.4, -0.2) is 16.6 Å². The molecule has 3 nitrogen and oxygen atoms in total. The van der Waals surface area contributed by atoms with Gasteiger partial charge in [-0.05, 0) is 37.0 Å². The lowest BCUT2D eigenvalue weighted by molar-refractivity contribution is 0.252. The summed E-state index contributed by atoms with van der Waals surface area (Å²) in [6.45, 7) is 0.846. The van der Waals surface area contributed by atoms with E-state index in [9.17, 15) is 0 Å². The van der Waals surface area contributed by atoms with E-state index in [0.29, 0.717) is 0 Å². The summed E-state index contributed by atoms with van der Waals surface area (Å²) in [5.74, 6) is 1.68. The highest BCUT2D eigenvalue weighted by atomic mass is 16.5. The van der Waals surface area contributed by atoms with Crippen LogP contribution in [0.2, 0.25) is 0 Å². The molecule has 0 aliphatic heterocycles. The molecule has 0 atom stereocenters. The van der Waals surface area contributed by atoms with Crippen molar-refractivity contribution >= 4 is 10.9 Å². The molecule has 3 heteroatoms. The molecule has 1 aliphatic carbocycles. The molecule has 0 radical (unpaired) electrons. The van der Waals surface area contributed by atoms with Crippen LogP contribution in [0.15, 0.2) is 30.7 Å². The van der Waals surface area contributed by atoms with Crippen molar-refractivity contribution in [3.63, 3.8) is 0 Å². The van der Waals surface area contributed by atoms with Crippen molar-refractivity contribution in [1.82, 2.24) is 9.97 Å². The van der Waals surface area contributed by atoms with Gasteiger partial charge in [0.25, 0.3) is 0 Å². The van der Waals surface area contributed by atoms with E-state index in [-0.39, 0.29) is 0 Å². The second kappa shape index (κ2) is 4.70. The third-order valence-corrected chi connectivity index (χ3v) is 3.44. The van der Waals surface area contributed by atoms with E-state index in [0.717, 1.165) is 29.2 Å². The minimum Gasteiger partial charge on any atom is -0.493 e. The van der Waals surface area contributed by atoms with Gasteiger partial charge in [0.05, 0.1) is 12.1 Å². The first-order valence-electron chi connectivity index (χ1n) is 6.24. The Hall–Kier alpha value is -1.64. The van der Waals surface area contributed by atoms with Gasteiger partial charge in [0, 0.05) is 11.6 Å². The molecule has 0 N–H and O–H groups in total. The van der Waals surface area contributed by atoms with Crippen LogP contribution >= 0.6 is 0 Å². The molecule has 1 heterocycles. The summed E-state index contributed by atoms with van der Waals surface area (Å²) in [4.78, 5) is 8.22. The standard InChI is InChI=1S/C14H16N2O/c1-2-4-11(3-1)9-17-13-5-6-14-12(7-13)8-15-10-16-14/h5-8,10-11H,1-4,9H2. The summed E-state index contributed by atoms with van der Waals surface area (Å²) in [5.41, 5.74) is 0.966. The predicted molar refractivity (Wildman–Crippen MR) is 67.0 cm³/mol. The van der Waals surface area contributed by atoms with Crippen LogP contribution in [0.5, 0.6) is 5.75 Å². The number of ether oxygens (including phenoxy) is 1. The lowest BCUT2D eigenvalue weighted by atomic mass is 10.1. The largest absolute Gasteiger partial charge is 0.493 e. The molecule has 3 rings (SSSR count). The highest BCUT2D eigenvalue weighted by Gasteiger charge is 2.15. The summed E-state index contributed by atoms with van der Waals surface area (Å²) in [6, 6.07) is 6.00. The molecular weight excluding hydrogens is 212 g/mol. The Morgan fingerprint density at radius 1 is 1.24 bits per heavy atom. The first-order valence-corrected chi connectivity index (χ1v) is 6.24. The molecule has 1 fully saturated rings. The average molecular weight is 228 g/mol. The smallest absolute Gasteiger partial charge is 0.120 e. The SMILES string of the molecule is c1ncc2cc(OCC3CCCC3)ccc2n1. The van der Waals surface area contributed by atoms with Crippen molar-refractivity contribution in [3.05, 3.63) is 30.7 Å². The van der Waals surface area contributed by atoms with Gasteiger partial charge in [0.15, 0.2) is 0 Å². The first-order chi connectivity index (χ1) is 8.42. The number of hydrogen-bond acceptors (Lipinski definition) is 3. The van der Waals surface area contributed by atoms with Gasteiger partial charge in [-0.25, -0.2) is 9.97 Å². The van der Waals surface area contributed by atoms with Gasteiger partial charge in [-0.2, -0.15) is 0 Å². The lowest BCUT2D eigenvalue weighted by Gasteiger charge is -2.11. The number of benzene rings is 1. The van der Waals surface area contributed by atoms with Gasteiger partial charge >= 0.3 is 0 Å². The normalized spacial score (nSPS) is 16.5. The lowest BCUT2D eigenvalue weighted by Crippen LogP contribution is -2.07. The fraction of sp³-hybridized carbons (Fsp3) is 0.429.